The molecule has 0 aliphatic heterocycles. The van der Waals surface area contributed by atoms with Gasteiger partial charge in [-0.15, -0.1) is 5.10 Å². The summed E-state index contributed by atoms with van der Waals surface area (Å²) in [6, 6.07) is 7.96. The summed E-state index contributed by atoms with van der Waals surface area (Å²) in [5.74, 6) is 1.22. The van der Waals surface area contributed by atoms with Crippen LogP contribution in [0.2, 0.25) is 0 Å². The zero-order valence-electron chi connectivity index (χ0n) is 9.75. The molecule has 0 aliphatic carbocycles. The van der Waals surface area contributed by atoms with Crippen molar-refractivity contribution in [3.8, 4) is 5.75 Å². The fourth-order valence-electron chi connectivity index (χ4n) is 1.38. The van der Waals surface area contributed by atoms with Crippen LogP contribution in [-0.2, 0) is 6.54 Å². The number of hydrogen-bond acceptors (Lipinski definition) is 6. The van der Waals surface area contributed by atoms with E-state index in [2.05, 4.69) is 10.2 Å². The molecule has 0 atom stereocenters. The number of rotatable bonds is 4. The molecule has 2 N–H and O–H groups in total. The summed E-state index contributed by atoms with van der Waals surface area (Å²) in [6.07, 6.45) is 0. The zero-order valence-corrected chi connectivity index (χ0v) is 9.75. The SMILES string of the molecule is COc1ccc(N(C)c2nnc(CN)o2)cc1. The van der Waals surface area contributed by atoms with Gasteiger partial charge in [-0.3, -0.25) is 4.90 Å². The lowest BCUT2D eigenvalue weighted by atomic mass is 10.3. The molecular formula is C11H14N4O2. The monoisotopic (exact) mass is 234 g/mol. The van der Waals surface area contributed by atoms with Crippen molar-refractivity contribution >= 4 is 11.7 Å². The molecule has 17 heavy (non-hydrogen) atoms. The molecule has 6 nitrogen and oxygen atoms in total. The van der Waals surface area contributed by atoms with Crippen LogP contribution in [0.15, 0.2) is 28.7 Å². The number of ether oxygens (including phenoxy) is 1. The molecular weight excluding hydrogens is 220 g/mol. The van der Waals surface area contributed by atoms with Crippen LogP contribution in [0.25, 0.3) is 0 Å². The Hall–Kier alpha value is -2.08. The van der Waals surface area contributed by atoms with Gasteiger partial charge in [-0.25, -0.2) is 0 Å². The van der Waals surface area contributed by atoms with E-state index in [4.69, 9.17) is 14.9 Å². The fraction of sp³-hybridized carbons (Fsp3) is 0.273. The lowest BCUT2D eigenvalue weighted by molar-refractivity contribution is 0.415. The molecule has 0 bridgehead atoms. The number of anilines is 2. The van der Waals surface area contributed by atoms with Crippen molar-refractivity contribution in [3.63, 3.8) is 0 Å². The second-order valence-corrected chi connectivity index (χ2v) is 3.44. The Morgan fingerprint density at radius 2 is 2.00 bits per heavy atom. The normalized spacial score (nSPS) is 10.3. The summed E-state index contributed by atoms with van der Waals surface area (Å²) in [5.41, 5.74) is 6.34. The third kappa shape index (κ3) is 2.36. The third-order valence-corrected chi connectivity index (χ3v) is 2.38. The topological polar surface area (TPSA) is 77.4 Å². The van der Waals surface area contributed by atoms with Crippen LogP contribution in [0.4, 0.5) is 11.7 Å². The number of nitrogens with zero attached hydrogens (tertiary/aromatic N) is 3. The van der Waals surface area contributed by atoms with E-state index in [1.807, 2.05) is 31.3 Å². The smallest absolute Gasteiger partial charge is 0.322 e. The lowest BCUT2D eigenvalue weighted by Gasteiger charge is -2.14. The third-order valence-electron chi connectivity index (χ3n) is 2.38. The van der Waals surface area contributed by atoms with Crippen LogP contribution >= 0.6 is 0 Å². The van der Waals surface area contributed by atoms with Crippen LogP contribution < -0.4 is 15.4 Å². The molecule has 0 saturated heterocycles. The van der Waals surface area contributed by atoms with Crippen molar-refractivity contribution in [2.75, 3.05) is 19.1 Å². The Morgan fingerprint density at radius 1 is 1.29 bits per heavy atom. The van der Waals surface area contributed by atoms with Crippen molar-refractivity contribution in [2.45, 2.75) is 6.54 Å². The van der Waals surface area contributed by atoms with E-state index >= 15 is 0 Å². The van der Waals surface area contributed by atoms with Gasteiger partial charge in [0, 0.05) is 12.7 Å². The number of hydrogen-bond donors (Lipinski definition) is 1. The maximum atomic E-state index is 5.41. The largest absolute Gasteiger partial charge is 0.497 e. The van der Waals surface area contributed by atoms with Crippen molar-refractivity contribution < 1.29 is 9.15 Å². The summed E-state index contributed by atoms with van der Waals surface area (Å²) < 4.78 is 10.4. The summed E-state index contributed by atoms with van der Waals surface area (Å²) in [5, 5.41) is 7.71. The number of nitrogens with two attached hydrogens (primary N) is 1. The number of aromatic nitrogens is 2. The van der Waals surface area contributed by atoms with E-state index in [9.17, 15) is 0 Å². The minimum Gasteiger partial charge on any atom is -0.497 e. The second kappa shape index (κ2) is 4.84. The first-order valence-corrected chi connectivity index (χ1v) is 5.15. The molecule has 0 radical (unpaired) electrons. The van der Waals surface area contributed by atoms with Crippen molar-refractivity contribution in [1.82, 2.24) is 10.2 Å². The van der Waals surface area contributed by atoms with Gasteiger partial charge >= 0.3 is 6.01 Å². The van der Waals surface area contributed by atoms with Gasteiger partial charge in [-0.2, -0.15) is 0 Å². The van der Waals surface area contributed by atoms with Gasteiger partial charge in [0.1, 0.15) is 5.75 Å². The van der Waals surface area contributed by atoms with Gasteiger partial charge in [-0.1, -0.05) is 5.10 Å². The van der Waals surface area contributed by atoms with Crippen molar-refractivity contribution in [3.05, 3.63) is 30.2 Å². The van der Waals surface area contributed by atoms with Crippen LogP contribution in [0.3, 0.4) is 0 Å². The summed E-state index contributed by atoms with van der Waals surface area (Å²) >= 11 is 0. The molecule has 1 heterocycles. The number of benzene rings is 1. The lowest BCUT2D eigenvalue weighted by Crippen LogP contribution is -2.09. The molecule has 1 aromatic carbocycles. The minimum absolute atomic E-state index is 0.240. The molecule has 0 spiro atoms. The van der Waals surface area contributed by atoms with Gasteiger partial charge in [0.25, 0.3) is 0 Å². The van der Waals surface area contributed by atoms with E-state index < -0.39 is 0 Å². The van der Waals surface area contributed by atoms with E-state index in [0.29, 0.717) is 11.9 Å². The van der Waals surface area contributed by atoms with E-state index in [0.717, 1.165) is 11.4 Å². The Labute approximate surface area is 99.0 Å². The minimum atomic E-state index is 0.240. The average Bonchev–Trinajstić information content (AvgIpc) is 2.87. The molecule has 2 rings (SSSR count). The molecule has 0 aliphatic rings. The maximum absolute atomic E-state index is 5.41. The van der Waals surface area contributed by atoms with Gasteiger partial charge < -0.3 is 14.9 Å². The highest BCUT2D eigenvalue weighted by molar-refractivity contribution is 5.56. The molecule has 90 valence electrons. The number of methoxy groups -OCH3 is 1. The Balaban J connectivity index is 2.20. The predicted molar refractivity (Wildman–Crippen MR) is 63.2 cm³/mol. The summed E-state index contributed by atoms with van der Waals surface area (Å²) in [4.78, 5) is 1.78. The molecule has 0 saturated carbocycles. The summed E-state index contributed by atoms with van der Waals surface area (Å²) in [7, 11) is 3.47. The predicted octanol–water partition coefficient (Wildman–Crippen LogP) is 1.30. The Kier molecular flexibility index (Phi) is 3.24. The molecule has 0 amide bonds. The Bertz CT molecular complexity index is 480. The highest BCUT2D eigenvalue weighted by atomic mass is 16.5. The van der Waals surface area contributed by atoms with E-state index in [1.54, 1.807) is 12.0 Å². The zero-order chi connectivity index (χ0) is 12.3. The molecule has 2 aromatic rings. The standard InChI is InChI=1S/C11H14N4O2/c1-15(11-14-13-10(7-12)17-11)8-3-5-9(16-2)6-4-8/h3-6H,7,12H2,1-2H3. The highest BCUT2D eigenvalue weighted by Crippen LogP contribution is 2.24. The van der Waals surface area contributed by atoms with Crippen LogP contribution in [0.1, 0.15) is 5.89 Å². The first kappa shape index (κ1) is 11.4. The summed E-state index contributed by atoms with van der Waals surface area (Å²) in [6.45, 7) is 0.240. The first-order chi connectivity index (χ1) is 8.24. The quantitative estimate of drug-likeness (QED) is 0.859. The molecule has 1 aromatic heterocycles. The van der Waals surface area contributed by atoms with E-state index in [-0.39, 0.29) is 6.54 Å². The van der Waals surface area contributed by atoms with Gasteiger partial charge in [0.15, 0.2) is 0 Å². The second-order valence-electron chi connectivity index (χ2n) is 3.44. The van der Waals surface area contributed by atoms with Crippen LogP contribution in [0, 0.1) is 0 Å². The molecule has 0 unspecified atom stereocenters. The van der Waals surface area contributed by atoms with E-state index in [1.165, 1.54) is 0 Å². The molecule has 0 fully saturated rings. The fourth-order valence-corrected chi connectivity index (χ4v) is 1.38. The first-order valence-electron chi connectivity index (χ1n) is 5.15. The average molecular weight is 234 g/mol. The maximum Gasteiger partial charge on any atom is 0.322 e. The Morgan fingerprint density at radius 3 is 2.53 bits per heavy atom. The van der Waals surface area contributed by atoms with Crippen molar-refractivity contribution in [1.29, 1.82) is 0 Å². The molecule has 6 heteroatoms. The van der Waals surface area contributed by atoms with Crippen molar-refractivity contribution in [2.24, 2.45) is 5.73 Å². The van der Waals surface area contributed by atoms with Crippen LogP contribution in [0.5, 0.6) is 5.75 Å². The van der Waals surface area contributed by atoms with Gasteiger partial charge in [0.2, 0.25) is 5.89 Å². The highest BCUT2D eigenvalue weighted by Gasteiger charge is 2.11. The van der Waals surface area contributed by atoms with Crippen LogP contribution in [-0.4, -0.2) is 24.4 Å². The van der Waals surface area contributed by atoms with Gasteiger partial charge in [-0.05, 0) is 24.3 Å². The van der Waals surface area contributed by atoms with Gasteiger partial charge in [0.05, 0.1) is 13.7 Å².